The molecule has 9 heteroatoms. The number of methoxy groups -OCH3 is 1. The number of aryl methyl sites for hydroxylation is 1. The lowest BCUT2D eigenvalue weighted by Crippen LogP contribution is -2.45. The highest BCUT2D eigenvalue weighted by atomic mass is 35.5. The largest absolute Gasteiger partial charge is 0.495 e. The molecule has 0 saturated heterocycles. The SMILES string of the molecule is COc1ccc(C)cc1S(=O)(=O)N[C@@H](Cc1ccccc1)C(=O)Nc1ccc(Cl)cc1C(=O)c1ccccc1. The average molecular weight is 563 g/mol. The lowest BCUT2D eigenvalue weighted by Gasteiger charge is -2.21. The molecular weight excluding hydrogens is 536 g/mol. The van der Waals surface area contributed by atoms with Crippen molar-refractivity contribution in [2.24, 2.45) is 0 Å². The minimum absolute atomic E-state index is 0.0651. The molecule has 0 bridgehead atoms. The number of ether oxygens (including phenoxy) is 1. The Bertz CT molecular complexity index is 1590. The van der Waals surface area contributed by atoms with E-state index in [2.05, 4.69) is 10.0 Å². The molecule has 0 fully saturated rings. The van der Waals surface area contributed by atoms with Crippen LogP contribution in [0.4, 0.5) is 5.69 Å². The van der Waals surface area contributed by atoms with Crippen molar-refractivity contribution in [2.75, 3.05) is 12.4 Å². The van der Waals surface area contributed by atoms with Gasteiger partial charge in [0.05, 0.1) is 12.8 Å². The predicted octanol–water partition coefficient (Wildman–Crippen LogP) is 5.42. The molecule has 4 aromatic carbocycles. The van der Waals surface area contributed by atoms with E-state index < -0.39 is 22.0 Å². The van der Waals surface area contributed by atoms with E-state index in [1.807, 2.05) is 6.07 Å². The van der Waals surface area contributed by atoms with Crippen LogP contribution in [0.25, 0.3) is 0 Å². The van der Waals surface area contributed by atoms with Crippen LogP contribution >= 0.6 is 11.6 Å². The van der Waals surface area contributed by atoms with Gasteiger partial charge in [0.15, 0.2) is 5.78 Å². The topological polar surface area (TPSA) is 102 Å². The third kappa shape index (κ3) is 6.92. The van der Waals surface area contributed by atoms with Crippen molar-refractivity contribution in [3.63, 3.8) is 0 Å². The lowest BCUT2D eigenvalue weighted by molar-refractivity contribution is -0.117. The molecule has 0 spiro atoms. The molecular formula is C30H27ClN2O5S. The molecule has 1 amide bonds. The molecule has 0 aliphatic carbocycles. The van der Waals surface area contributed by atoms with Crippen LogP contribution in [0.1, 0.15) is 27.0 Å². The molecule has 7 nitrogen and oxygen atoms in total. The summed E-state index contributed by atoms with van der Waals surface area (Å²) >= 11 is 6.18. The minimum atomic E-state index is -4.18. The number of sulfonamides is 1. The van der Waals surface area contributed by atoms with E-state index in [0.29, 0.717) is 16.1 Å². The summed E-state index contributed by atoms with van der Waals surface area (Å²) in [6, 6.07) is 25.7. The number of amides is 1. The smallest absolute Gasteiger partial charge is 0.245 e. The first-order valence-corrected chi connectivity index (χ1v) is 13.9. The summed E-state index contributed by atoms with van der Waals surface area (Å²) in [5.74, 6) is -0.822. The molecule has 4 rings (SSSR count). The van der Waals surface area contributed by atoms with Crippen LogP contribution in [0.2, 0.25) is 5.02 Å². The van der Waals surface area contributed by atoms with Gasteiger partial charge in [-0.3, -0.25) is 9.59 Å². The molecule has 0 unspecified atom stereocenters. The van der Waals surface area contributed by atoms with Gasteiger partial charge in [-0.2, -0.15) is 4.72 Å². The van der Waals surface area contributed by atoms with Crippen LogP contribution in [0.15, 0.2) is 102 Å². The molecule has 1 atom stereocenters. The minimum Gasteiger partial charge on any atom is -0.495 e. The highest BCUT2D eigenvalue weighted by molar-refractivity contribution is 7.89. The number of hydrogen-bond acceptors (Lipinski definition) is 5. The maximum Gasteiger partial charge on any atom is 0.245 e. The van der Waals surface area contributed by atoms with Crippen molar-refractivity contribution in [3.05, 3.63) is 124 Å². The summed E-state index contributed by atoms with van der Waals surface area (Å²) < 4.78 is 34.8. The quantitative estimate of drug-likeness (QED) is 0.251. The standard InChI is InChI=1S/C30H27ClN2O5S/c1-20-13-16-27(38-2)28(17-20)39(36,37)33-26(18-21-9-5-3-6-10-21)30(35)32-25-15-14-23(31)19-24(25)29(34)22-11-7-4-8-12-22/h3-17,19,26,33H,18H2,1-2H3,(H,32,35)/t26-/m0/s1. The number of ketones is 1. The predicted molar refractivity (Wildman–Crippen MR) is 152 cm³/mol. The molecule has 0 aliphatic heterocycles. The molecule has 39 heavy (non-hydrogen) atoms. The number of benzene rings is 4. The number of halogens is 1. The second-order valence-electron chi connectivity index (χ2n) is 8.89. The van der Waals surface area contributed by atoms with Crippen LogP contribution in [0.3, 0.4) is 0 Å². The average Bonchev–Trinajstić information content (AvgIpc) is 2.94. The molecule has 0 radical (unpaired) electrons. The Kier molecular flexibility index (Phi) is 8.81. The maximum absolute atomic E-state index is 13.6. The first kappa shape index (κ1) is 28.0. The highest BCUT2D eigenvalue weighted by Gasteiger charge is 2.29. The number of carbonyl (C=O) groups excluding carboxylic acids is 2. The summed E-state index contributed by atoms with van der Waals surface area (Å²) in [6.07, 6.45) is 0.0651. The van der Waals surface area contributed by atoms with E-state index in [9.17, 15) is 18.0 Å². The van der Waals surface area contributed by atoms with Gasteiger partial charge in [0.2, 0.25) is 15.9 Å². The van der Waals surface area contributed by atoms with E-state index in [-0.39, 0.29) is 34.1 Å². The molecule has 2 N–H and O–H groups in total. The maximum atomic E-state index is 13.6. The van der Waals surface area contributed by atoms with Crippen LogP contribution < -0.4 is 14.8 Å². The third-order valence-electron chi connectivity index (χ3n) is 6.03. The van der Waals surface area contributed by atoms with Gasteiger partial charge in [0, 0.05) is 16.1 Å². The summed E-state index contributed by atoms with van der Waals surface area (Å²) in [5.41, 5.74) is 2.27. The number of carbonyl (C=O) groups is 2. The third-order valence-corrected chi connectivity index (χ3v) is 7.75. The fourth-order valence-corrected chi connectivity index (χ4v) is 5.68. The van der Waals surface area contributed by atoms with Gasteiger partial charge >= 0.3 is 0 Å². The van der Waals surface area contributed by atoms with Gasteiger partial charge in [-0.1, -0.05) is 78.3 Å². The van der Waals surface area contributed by atoms with E-state index in [1.54, 1.807) is 79.7 Å². The number of rotatable bonds is 10. The second kappa shape index (κ2) is 12.3. The zero-order chi connectivity index (χ0) is 28.0. The van der Waals surface area contributed by atoms with Crippen LogP contribution in [0.5, 0.6) is 5.75 Å². The first-order chi connectivity index (χ1) is 18.7. The van der Waals surface area contributed by atoms with Gasteiger partial charge in [-0.05, 0) is 54.8 Å². The fraction of sp³-hybridized carbons (Fsp3) is 0.133. The van der Waals surface area contributed by atoms with Crippen molar-refractivity contribution in [1.29, 1.82) is 0 Å². The summed E-state index contributed by atoms with van der Waals surface area (Å²) in [6.45, 7) is 1.76. The Morgan fingerprint density at radius 3 is 2.23 bits per heavy atom. The molecule has 0 aliphatic rings. The van der Waals surface area contributed by atoms with E-state index >= 15 is 0 Å². The van der Waals surface area contributed by atoms with Gasteiger partial charge in [0.25, 0.3) is 0 Å². The molecule has 0 saturated carbocycles. The normalized spacial score (nSPS) is 12.0. The highest BCUT2D eigenvalue weighted by Crippen LogP contribution is 2.27. The zero-order valence-corrected chi connectivity index (χ0v) is 22.9. The Morgan fingerprint density at radius 1 is 0.897 bits per heavy atom. The Labute approximate surface area is 232 Å². The summed E-state index contributed by atoms with van der Waals surface area (Å²) in [7, 11) is -2.80. The van der Waals surface area contributed by atoms with Crippen molar-refractivity contribution < 1.29 is 22.7 Å². The van der Waals surface area contributed by atoms with Crippen molar-refractivity contribution in [1.82, 2.24) is 4.72 Å². The van der Waals surface area contributed by atoms with Crippen molar-refractivity contribution in [3.8, 4) is 5.75 Å². The Morgan fingerprint density at radius 2 is 1.56 bits per heavy atom. The summed E-state index contributed by atoms with van der Waals surface area (Å²) in [5, 5.41) is 3.07. The number of hydrogen-bond donors (Lipinski definition) is 2. The summed E-state index contributed by atoms with van der Waals surface area (Å²) in [4.78, 5) is 26.8. The molecule has 0 aromatic heterocycles. The fourth-order valence-electron chi connectivity index (χ4n) is 4.06. The van der Waals surface area contributed by atoms with Gasteiger partial charge in [0.1, 0.15) is 16.7 Å². The van der Waals surface area contributed by atoms with Gasteiger partial charge in [-0.15, -0.1) is 0 Å². The van der Waals surface area contributed by atoms with Gasteiger partial charge in [-0.25, -0.2) is 8.42 Å². The van der Waals surface area contributed by atoms with Crippen LogP contribution in [-0.2, 0) is 21.2 Å². The number of nitrogens with one attached hydrogen (secondary N) is 2. The molecule has 0 heterocycles. The van der Waals surface area contributed by atoms with Gasteiger partial charge < -0.3 is 10.1 Å². The van der Waals surface area contributed by atoms with E-state index in [1.165, 1.54) is 25.3 Å². The lowest BCUT2D eigenvalue weighted by atomic mass is 10.0. The van der Waals surface area contributed by atoms with Crippen molar-refractivity contribution >= 4 is 39.0 Å². The van der Waals surface area contributed by atoms with E-state index in [4.69, 9.17) is 16.3 Å². The van der Waals surface area contributed by atoms with Crippen LogP contribution in [-0.4, -0.2) is 33.3 Å². The zero-order valence-electron chi connectivity index (χ0n) is 21.3. The Hall–Kier alpha value is -3.98. The van der Waals surface area contributed by atoms with Crippen LogP contribution in [0, 0.1) is 6.92 Å². The monoisotopic (exact) mass is 562 g/mol. The first-order valence-electron chi connectivity index (χ1n) is 12.1. The molecule has 200 valence electrons. The van der Waals surface area contributed by atoms with Crippen molar-refractivity contribution in [2.45, 2.75) is 24.3 Å². The Balaban J connectivity index is 1.69. The molecule has 4 aromatic rings. The second-order valence-corrected chi connectivity index (χ2v) is 11.0. The van der Waals surface area contributed by atoms with E-state index in [0.717, 1.165) is 5.56 Å². The number of anilines is 1.